The van der Waals surface area contributed by atoms with Crippen molar-refractivity contribution in [1.29, 1.82) is 0 Å². The highest BCUT2D eigenvalue weighted by atomic mass is 19.1. The van der Waals surface area contributed by atoms with E-state index in [-0.39, 0.29) is 22.7 Å². The Hall–Kier alpha value is -2.51. The Morgan fingerprint density at radius 3 is 2.69 bits per heavy atom. The maximum Gasteiger partial charge on any atom is 0.254 e. The highest BCUT2D eigenvalue weighted by Gasteiger charge is 2.41. The van der Waals surface area contributed by atoms with Gasteiger partial charge in [-0.15, -0.1) is 0 Å². The molecule has 2 aromatic rings. The number of piperazine rings is 1. The second-order valence-electron chi connectivity index (χ2n) is 9.97. The van der Waals surface area contributed by atoms with Crippen molar-refractivity contribution >= 4 is 11.6 Å². The number of benzene rings is 1. The van der Waals surface area contributed by atoms with Gasteiger partial charge in [-0.1, -0.05) is 19.9 Å². The van der Waals surface area contributed by atoms with Gasteiger partial charge in [0.25, 0.3) is 5.56 Å². The summed E-state index contributed by atoms with van der Waals surface area (Å²) in [6.07, 6.45) is 0.407. The molecule has 0 aliphatic carbocycles. The average Bonchev–Trinajstić information content (AvgIpc) is 2.98. The molecule has 1 amide bonds. The number of nitrogens with one attached hydrogen (secondary N) is 1. The maximum absolute atomic E-state index is 13.5. The van der Waals surface area contributed by atoms with Crippen LogP contribution in [-0.4, -0.2) is 54.1 Å². The molecule has 0 radical (unpaired) electrons. The van der Waals surface area contributed by atoms with Crippen molar-refractivity contribution in [1.82, 2.24) is 14.8 Å². The summed E-state index contributed by atoms with van der Waals surface area (Å²) in [4.78, 5) is 30.6. The van der Waals surface area contributed by atoms with Crippen LogP contribution < -0.4 is 15.8 Å². The van der Waals surface area contributed by atoms with Crippen LogP contribution >= 0.6 is 0 Å². The minimum absolute atomic E-state index is 0.0634. The lowest BCUT2D eigenvalue weighted by Gasteiger charge is -2.32. The third-order valence-electron chi connectivity index (χ3n) is 6.75. The number of anilines is 1. The number of hydrogen-bond acceptors (Lipinski definition) is 4. The minimum atomic E-state index is -0.319. The lowest BCUT2D eigenvalue weighted by molar-refractivity contribution is -0.120. The van der Waals surface area contributed by atoms with E-state index in [0.717, 1.165) is 42.1 Å². The van der Waals surface area contributed by atoms with Gasteiger partial charge in [0.05, 0.1) is 17.9 Å². The Morgan fingerprint density at radius 1 is 1.25 bits per heavy atom. The number of fused-ring (bicyclic) bond motifs is 1. The summed E-state index contributed by atoms with van der Waals surface area (Å²) in [6.45, 7) is 11.6. The zero-order valence-electron chi connectivity index (χ0n) is 19.7. The van der Waals surface area contributed by atoms with Crippen LogP contribution in [0.5, 0.6) is 0 Å². The molecule has 6 nitrogen and oxygen atoms in total. The third kappa shape index (κ3) is 4.24. The Morgan fingerprint density at radius 2 is 2.00 bits per heavy atom. The van der Waals surface area contributed by atoms with Crippen LogP contribution in [-0.2, 0) is 23.7 Å². The second-order valence-corrected chi connectivity index (χ2v) is 9.97. The molecule has 172 valence electrons. The van der Waals surface area contributed by atoms with Crippen LogP contribution in [0.4, 0.5) is 10.1 Å². The molecule has 1 fully saturated rings. The van der Waals surface area contributed by atoms with Crippen LogP contribution in [0.3, 0.4) is 0 Å². The van der Waals surface area contributed by atoms with Gasteiger partial charge in [-0.2, -0.15) is 0 Å². The SMILES string of the molecule is Cc1cc(F)ccc1Cc1cc2c(n(C)c1=O)C(C)(C)CN2C(=O)CN1CCN[C@H](C)C1. The molecule has 4 rings (SSSR count). The lowest BCUT2D eigenvalue weighted by atomic mass is 9.90. The van der Waals surface area contributed by atoms with Gasteiger partial charge >= 0.3 is 0 Å². The average molecular weight is 441 g/mol. The number of pyridine rings is 1. The zero-order valence-corrected chi connectivity index (χ0v) is 19.7. The van der Waals surface area contributed by atoms with Crippen molar-refractivity contribution in [2.24, 2.45) is 7.05 Å². The highest BCUT2D eigenvalue weighted by molar-refractivity contribution is 5.97. The molecule has 0 saturated carbocycles. The number of carbonyl (C=O) groups excluding carboxylic acids is 1. The molecule has 0 bridgehead atoms. The molecule has 0 spiro atoms. The van der Waals surface area contributed by atoms with Gasteiger partial charge in [-0.3, -0.25) is 14.5 Å². The normalized spacial score (nSPS) is 20.4. The van der Waals surface area contributed by atoms with Gasteiger partial charge in [0.2, 0.25) is 5.91 Å². The fourth-order valence-corrected chi connectivity index (χ4v) is 5.19. The predicted octanol–water partition coefficient (Wildman–Crippen LogP) is 2.34. The van der Waals surface area contributed by atoms with Crippen LogP contribution in [0, 0.1) is 12.7 Å². The van der Waals surface area contributed by atoms with Gasteiger partial charge in [0.1, 0.15) is 5.82 Å². The summed E-state index contributed by atoms with van der Waals surface area (Å²) >= 11 is 0. The smallest absolute Gasteiger partial charge is 0.254 e. The van der Waals surface area contributed by atoms with Gasteiger partial charge in [-0.05, 0) is 43.2 Å². The Balaban J connectivity index is 1.68. The number of hydrogen-bond donors (Lipinski definition) is 1. The molecule has 1 aromatic carbocycles. The van der Waals surface area contributed by atoms with E-state index in [1.807, 2.05) is 17.9 Å². The first-order valence-corrected chi connectivity index (χ1v) is 11.3. The van der Waals surface area contributed by atoms with E-state index >= 15 is 0 Å². The van der Waals surface area contributed by atoms with E-state index in [9.17, 15) is 14.0 Å². The Kier molecular flexibility index (Phi) is 5.98. The molecule has 2 aliphatic heterocycles. The summed E-state index contributed by atoms with van der Waals surface area (Å²) < 4.78 is 15.2. The van der Waals surface area contributed by atoms with Gasteiger partial charge < -0.3 is 14.8 Å². The molecule has 3 heterocycles. The van der Waals surface area contributed by atoms with E-state index in [2.05, 4.69) is 31.0 Å². The molecular weight excluding hydrogens is 407 g/mol. The molecule has 7 heteroatoms. The van der Waals surface area contributed by atoms with E-state index < -0.39 is 0 Å². The first-order valence-electron chi connectivity index (χ1n) is 11.3. The fraction of sp³-hybridized carbons (Fsp3) is 0.520. The highest BCUT2D eigenvalue weighted by Crippen LogP contribution is 2.40. The van der Waals surface area contributed by atoms with E-state index in [4.69, 9.17) is 0 Å². The van der Waals surface area contributed by atoms with E-state index in [0.29, 0.717) is 31.1 Å². The number of aryl methyl sites for hydroxylation is 1. The van der Waals surface area contributed by atoms with Crippen LogP contribution in [0.2, 0.25) is 0 Å². The molecular formula is C25H33FN4O2. The van der Waals surface area contributed by atoms with Crippen molar-refractivity contribution in [3.63, 3.8) is 0 Å². The van der Waals surface area contributed by atoms with Crippen molar-refractivity contribution in [2.45, 2.75) is 45.6 Å². The van der Waals surface area contributed by atoms with Crippen LogP contribution in [0.15, 0.2) is 29.1 Å². The third-order valence-corrected chi connectivity index (χ3v) is 6.75. The molecule has 1 atom stereocenters. The molecule has 0 unspecified atom stereocenters. The first kappa shape index (κ1) is 22.7. The minimum Gasteiger partial charge on any atom is -0.313 e. The zero-order chi connectivity index (χ0) is 23.2. The first-order chi connectivity index (χ1) is 15.1. The van der Waals surface area contributed by atoms with Gasteiger partial charge in [0, 0.05) is 56.7 Å². The van der Waals surface area contributed by atoms with Crippen molar-refractivity contribution in [2.75, 3.05) is 37.6 Å². The summed E-state index contributed by atoms with van der Waals surface area (Å²) in [7, 11) is 1.79. The molecule has 32 heavy (non-hydrogen) atoms. The van der Waals surface area contributed by atoms with Crippen molar-refractivity contribution in [3.05, 3.63) is 62.8 Å². The molecule has 1 N–H and O–H groups in total. The number of halogens is 1. The standard InChI is InChI=1S/C25H33FN4O2/c1-16-10-20(26)7-6-18(16)11-19-12-21-23(28(5)24(19)32)25(3,4)15-30(21)22(31)14-29-9-8-27-17(2)13-29/h6-7,10,12,17,27H,8-9,11,13-15H2,1-5H3/t17-/m1/s1. The second kappa shape index (κ2) is 8.45. The summed E-state index contributed by atoms with van der Waals surface area (Å²) in [5, 5.41) is 3.41. The summed E-state index contributed by atoms with van der Waals surface area (Å²) in [5.41, 5.74) is 3.67. The van der Waals surface area contributed by atoms with E-state index in [1.54, 1.807) is 17.7 Å². The van der Waals surface area contributed by atoms with Gasteiger partial charge in [-0.25, -0.2) is 4.39 Å². The monoisotopic (exact) mass is 440 g/mol. The summed E-state index contributed by atoms with van der Waals surface area (Å²) in [5.74, 6) is -0.220. The molecule has 1 saturated heterocycles. The lowest BCUT2D eigenvalue weighted by Crippen LogP contribution is -2.52. The van der Waals surface area contributed by atoms with Crippen molar-refractivity contribution in [3.8, 4) is 0 Å². The largest absolute Gasteiger partial charge is 0.313 e. The Labute approximate surface area is 189 Å². The number of aromatic nitrogens is 1. The maximum atomic E-state index is 13.5. The quantitative estimate of drug-likeness (QED) is 0.793. The number of carbonyl (C=O) groups is 1. The summed E-state index contributed by atoms with van der Waals surface area (Å²) in [6, 6.07) is 6.89. The van der Waals surface area contributed by atoms with Crippen LogP contribution in [0.25, 0.3) is 0 Å². The topological polar surface area (TPSA) is 57.6 Å². The molecule has 1 aromatic heterocycles. The fourth-order valence-electron chi connectivity index (χ4n) is 5.19. The van der Waals surface area contributed by atoms with E-state index in [1.165, 1.54) is 12.1 Å². The molecule has 2 aliphatic rings. The predicted molar refractivity (Wildman–Crippen MR) is 125 cm³/mol. The number of rotatable bonds is 4. The van der Waals surface area contributed by atoms with Crippen LogP contribution in [0.1, 0.15) is 43.2 Å². The van der Waals surface area contributed by atoms with Gasteiger partial charge in [0.15, 0.2) is 0 Å². The number of nitrogens with zero attached hydrogens (tertiary/aromatic N) is 3. The Bertz CT molecular complexity index is 1110. The number of amides is 1. The van der Waals surface area contributed by atoms with Crippen molar-refractivity contribution < 1.29 is 9.18 Å².